The first kappa shape index (κ1) is 23.5. The number of benzene rings is 1. The van der Waals surface area contributed by atoms with Gasteiger partial charge < -0.3 is 44.8 Å². The van der Waals surface area contributed by atoms with E-state index < -0.39 is 55.5 Å². The highest BCUT2D eigenvalue weighted by atomic mass is 16.7. The largest absolute Gasteiger partial charge is 0.504 e. The molecule has 2 aliphatic rings. The summed E-state index contributed by atoms with van der Waals surface area (Å²) in [6, 6.07) is 3.96. The van der Waals surface area contributed by atoms with Crippen LogP contribution in [0.5, 0.6) is 11.5 Å². The second-order valence-electron chi connectivity index (χ2n) is 7.72. The molecule has 6 N–H and O–H groups in total. The molecule has 1 aliphatic heterocycles. The van der Waals surface area contributed by atoms with Gasteiger partial charge in [-0.2, -0.15) is 0 Å². The summed E-state index contributed by atoms with van der Waals surface area (Å²) in [4.78, 5) is 12.3. The minimum Gasteiger partial charge on any atom is -0.504 e. The van der Waals surface area contributed by atoms with Crippen molar-refractivity contribution in [3.05, 3.63) is 29.8 Å². The van der Waals surface area contributed by atoms with Gasteiger partial charge in [0.1, 0.15) is 18.3 Å². The molecule has 1 aliphatic carbocycles. The molecule has 10 heteroatoms. The van der Waals surface area contributed by atoms with E-state index in [4.69, 9.17) is 14.2 Å². The Morgan fingerprint density at radius 1 is 1.10 bits per heavy atom. The number of hydrogen-bond acceptors (Lipinski definition) is 10. The standard InChI is InChI=1S/C21H28O10/c22-10-16-18(27)19(28)20(21(30-16)29-15-4-2-1-3-13(15)24)31-17(26)8-6-11-5-7-12(23)14(25)9-11/h5-9,13,15-16,18-25,27-28H,1-4,10H2/b8-6+. The molecule has 7 unspecified atom stereocenters. The lowest BCUT2D eigenvalue weighted by Gasteiger charge is -2.43. The Kier molecular flexibility index (Phi) is 7.87. The molecule has 31 heavy (non-hydrogen) atoms. The lowest BCUT2D eigenvalue weighted by molar-refractivity contribution is -0.320. The van der Waals surface area contributed by atoms with Crippen LogP contribution in [0.4, 0.5) is 0 Å². The first-order chi connectivity index (χ1) is 14.8. The number of hydrogen-bond donors (Lipinski definition) is 6. The van der Waals surface area contributed by atoms with E-state index in [-0.39, 0.29) is 11.5 Å². The van der Waals surface area contributed by atoms with Gasteiger partial charge in [-0.3, -0.25) is 0 Å². The third kappa shape index (κ3) is 5.73. The second-order valence-corrected chi connectivity index (χ2v) is 7.72. The molecule has 0 aromatic heterocycles. The van der Waals surface area contributed by atoms with Crippen molar-refractivity contribution in [2.24, 2.45) is 0 Å². The third-order valence-electron chi connectivity index (χ3n) is 5.46. The fourth-order valence-electron chi connectivity index (χ4n) is 3.68. The van der Waals surface area contributed by atoms with Crippen LogP contribution < -0.4 is 0 Å². The Labute approximate surface area is 178 Å². The van der Waals surface area contributed by atoms with E-state index in [9.17, 15) is 35.4 Å². The first-order valence-electron chi connectivity index (χ1n) is 10.2. The average Bonchev–Trinajstić information content (AvgIpc) is 2.75. The van der Waals surface area contributed by atoms with Crippen LogP contribution in [0, 0.1) is 0 Å². The fraction of sp³-hybridized carbons (Fsp3) is 0.571. The van der Waals surface area contributed by atoms with Gasteiger partial charge in [0.2, 0.25) is 0 Å². The Balaban J connectivity index is 1.71. The maximum absolute atomic E-state index is 12.3. The Morgan fingerprint density at radius 2 is 1.84 bits per heavy atom. The highest BCUT2D eigenvalue weighted by Gasteiger charge is 2.48. The molecular formula is C21H28O10. The van der Waals surface area contributed by atoms with E-state index in [1.54, 1.807) is 0 Å². The Morgan fingerprint density at radius 3 is 2.52 bits per heavy atom. The smallest absolute Gasteiger partial charge is 0.331 e. The number of aromatic hydroxyl groups is 2. The lowest BCUT2D eigenvalue weighted by Crippen LogP contribution is -2.61. The van der Waals surface area contributed by atoms with E-state index in [2.05, 4.69) is 0 Å². The van der Waals surface area contributed by atoms with Crippen LogP contribution in [0.15, 0.2) is 24.3 Å². The van der Waals surface area contributed by atoms with Crippen LogP contribution in [-0.4, -0.2) is 86.1 Å². The van der Waals surface area contributed by atoms with E-state index in [1.165, 1.54) is 24.3 Å². The van der Waals surface area contributed by atoms with Gasteiger partial charge >= 0.3 is 5.97 Å². The summed E-state index contributed by atoms with van der Waals surface area (Å²) in [5.41, 5.74) is 0.409. The number of rotatable bonds is 6. The number of phenols is 2. The topological polar surface area (TPSA) is 166 Å². The summed E-state index contributed by atoms with van der Waals surface area (Å²) in [6.07, 6.45) is -3.17. The molecule has 1 aromatic rings. The summed E-state index contributed by atoms with van der Waals surface area (Å²) in [5.74, 6) is -1.54. The molecule has 10 nitrogen and oxygen atoms in total. The number of carbonyl (C=O) groups is 1. The predicted molar refractivity (Wildman–Crippen MR) is 106 cm³/mol. The number of aliphatic hydroxyl groups excluding tert-OH is 4. The molecule has 0 radical (unpaired) electrons. The van der Waals surface area contributed by atoms with E-state index in [0.717, 1.165) is 18.9 Å². The summed E-state index contributed by atoms with van der Waals surface area (Å²) in [6.45, 7) is -0.587. The molecule has 1 aromatic carbocycles. The van der Waals surface area contributed by atoms with Crippen molar-refractivity contribution in [3.8, 4) is 11.5 Å². The van der Waals surface area contributed by atoms with E-state index in [1.807, 2.05) is 0 Å². The zero-order valence-electron chi connectivity index (χ0n) is 16.8. The monoisotopic (exact) mass is 440 g/mol. The molecule has 0 spiro atoms. The molecule has 2 fully saturated rings. The molecule has 1 saturated carbocycles. The molecule has 7 atom stereocenters. The normalized spacial score (nSPS) is 34.0. The molecule has 1 saturated heterocycles. The number of ether oxygens (including phenoxy) is 3. The zero-order valence-corrected chi connectivity index (χ0v) is 16.8. The van der Waals surface area contributed by atoms with Gasteiger partial charge in [0.05, 0.1) is 18.8 Å². The number of phenolic OH excluding ortho intramolecular Hbond substituents is 2. The second kappa shape index (κ2) is 10.4. The number of aliphatic hydroxyl groups is 4. The SMILES string of the molecule is O=C(/C=C/c1ccc(O)c(O)c1)OC1C(OC2CCCCC2O)OC(CO)C(O)C1O. The average molecular weight is 440 g/mol. The third-order valence-corrected chi connectivity index (χ3v) is 5.46. The van der Waals surface area contributed by atoms with Crippen molar-refractivity contribution in [2.75, 3.05) is 6.61 Å². The molecule has 1 heterocycles. The van der Waals surface area contributed by atoms with Crippen molar-refractivity contribution >= 4 is 12.0 Å². The van der Waals surface area contributed by atoms with Gasteiger partial charge in [0, 0.05) is 6.08 Å². The molecule has 0 amide bonds. The number of esters is 1. The van der Waals surface area contributed by atoms with Crippen LogP contribution in [0.25, 0.3) is 6.08 Å². The van der Waals surface area contributed by atoms with Crippen molar-refractivity contribution in [1.82, 2.24) is 0 Å². The zero-order chi connectivity index (χ0) is 22.5. The summed E-state index contributed by atoms with van der Waals surface area (Å²) in [5, 5.41) is 59.0. The van der Waals surface area contributed by atoms with Gasteiger partial charge in [-0.25, -0.2) is 4.79 Å². The van der Waals surface area contributed by atoms with Crippen LogP contribution in [0.1, 0.15) is 31.2 Å². The minimum atomic E-state index is -1.59. The van der Waals surface area contributed by atoms with E-state index >= 15 is 0 Å². The van der Waals surface area contributed by atoms with Gasteiger partial charge in [-0.1, -0.05) is 18.9 Å². The van der Waals surface area contributed by atoms with Crippen LogP contribution in [-0.2, 0) is 19.0 Å². The molecule has 172 valence electrons. The van der Waals surface area contributed by atoms with Crippen molar-refractivity contribution in [3.63, 3.8) is 0 Å². The first-order valence-corrected chi connectivity index (χ1v) is 10.2. The van der Waals surface area contributed by atoms with Gasteiger partial charge in [-0.05, 0) is 36.6 Å². The Hall–Kier alpha value is -2.21. The van der Waals surface area contributed by atoms with Crippen molar-refractivity contribution in [2.45, 2.75) is 68.6 Å². The van der Waals surface area contributed by atoms with Crippen LogP contribution in [0.2, 0.25) is 0 Å². The Bertz CT molecular complexity index is 781. The number of carbonyl (C=O) groups excluding carboxylic acids is 1. The van der Waals surface area contributed by atoms with Gasteiger partial charge in [0.15, 0.2) is 23.9 Å². The molecule has 3 rings (SSSR count). The summed E-state index contributed by atoms with van der Waals surface area (Å²) < 4.78 is 16.6. The highest BCUT2D eigenvalue weighted by Crippen LogP contribution is 2.30. The maximum Gasteiger partial charge on any atom is 0.331 e. The minimum absolute atomic E-state index is 0.306. The van der Waals surface area contributed by atoms with Crippen LogP contribution >= 0.6 is 0 Å². The van der Waals surface area contributed by atoms with Gasteiger partial charge in [0.25, 0.3) is 0 Å². The maximum atomic E-state index is 12.3. The fourth-order valence-corrected chi connectivity index (χ4v) is 3.68. The molecule has 0 bridgehead atoms. The van der Waals surface area contributed by atoms with Crippen LogP contribution in [0.3, 0.4) is 0 Å². The summed E-state index contributed by atoms with van der Waals surface area (Å²) in [7, 11) is 0. The summed E-state index contributed by atoms with van der Waals surface area (Å²) >= 11 is 0. The highest BCUT2D eigenvalue weighted by molar-refractivity contribution is 5.87. The van der Waals surface area contributed by atoms with E-state index in [0.29, 0.717) is 18.4 Å². The molecular weight excluding hydrogens is 412 g/mol. The lowest BCUT2D eigenvalue weighted by atomic mass is 9.94. The van der Waals surface area contributed by atoms with Crippen molar-refractivity contribution in [1.29, 1.82) is 0 Å². The quantitative estimate of drug-likeness (QED) is 0.198. The van der Waals surface area contributed by atoms with Gasteiger partial charge in [-0.15, -0.1) is 0 Å². The van der Waals surface area contributed by atoms with Crippen molar-refractivity contribution < 1.29 is 49.6 Å². The predicted octanol–water partition coefficient (Wildman–Crippen LogP) is -0.218.